The van der Waals surface area contributed by atoms with Crippen molar-refractivity contribution < 1.29 is 5.11 Å². The number of allylic oxidation sites excluding steroid dienone is 1. The third-order valence-corrected chi connectivity index (χ3v) is 8.47. The lowest BCUT2D eigenvalue weighted by atomic mass is 9.62. The van der Waals surface area contributed by atoms with Crippen molar-refractivity contribution in [2.75, 3.05) is 13.1 Å². The van der Waals surface area contributed by atoms with Crippen molar-refractivity contribution in [2.24, 2.45) is 17.3 Å². The van der Waals surface area contributed by atoms with Gasteiger partial charge in [0.15, 0.2) is 0 Å². The second kappa shape index (κ2) is 14.0. The first-order chi connectivity index (χ1) is 14.9. The maximum Gasteiger partial charge on any atom is 0.0591 e. The Labute approximate surface area is 195 Å². The Kier molecular flexibility index (Phi) is 12.2. The molecule has 31 heavy (non-hydrogen) atoms. The van der Waals surface area contributed by atoms with E-state index in [-0.39, 0.29) is 0 Å². The number of aliphatic hydroxyl groups is 1. The third-order valence-electron chi connectivity index (χ3n) is 8.47. The zero-order valence-corrected chi connectivity index (χ0v) is 21.6. The molecule has 0 saturated heterocycles. The molecule has 3 atom stereocenters. The Morgan fingerprint density at radius 3 is 2.42 bits per heavy atom. The standard InChI is InChI=1S/C29H55NO/c1-5-6-7-8-9-10-11-14-23-30-24-20-25-16-15-22-29(4)26(18-19-27(25)29)17-12-13-21-28(2,3)31/h20,26-27,30-31H,5-19,21-24H2,1-4H3/b25-20+. The van der Waals surface area contributed by atoms with Crippen molar-refractivity contribution in [2.45, 2.75) is 142 Å². The van der Waals surface area contributed by atoms with E-state index in [9.17, 15) is 5.11 Å². The number of rotatable bonds is 16. The van der Waals surface area contributed by atoms with E-state index >= 15 is 0 Å². The van der Waals surface area contributed by atoms with Crippen LogP contribution in [0.3, 0.4) is 0 Å². The van der Waals surface area contributed by atoms with E-state index in [2.05, 4.69) is 25.2 Å². The van der Waals surface area contributed by atoms with Gasteiger partial charge < -0.3 is 10.4 Å². The van der Waals surface area contributed by atoms with Crippen LogP contribution in [-0.4, -0.2) is 23.8 Å². The Morgan fingerprint density at radius 2 is 1.71 bits per heavy atom. The third kappa shape index (κ3) is 9.58. The SMILES string of the molecule is CCCCCCCCCCNC/C=C1\CCCC2(C)C(CCCCC(C)(C)O)CCC12. The second-order valence-corrected chi connectivity index (χ2v) is 11.7. The van der Waals surface area contributed by atoms with Gasteiger partial charge in [-0.15, -0.1) is 0 Å². The first-order valence-corrected chi connectivity index (χ1v) is 14.0. The van der Waals surface area contributed by atoms with Crippen molar-refractivity contribution >= 4 is 0 Å². The highest BCUT2D eigenvalue weighted by Gasteiger charge is 2.48. The molecule has 2 aliphatic carbocycles. The summed E-state index contributed by atoms with van der Waals surface area (Å²) in [4.78, 5) is 0. The van der Waals surface area contributed by atoms with Crippen molar-refractivity contribution in [1.29, 1.82) is 0 Å². The molecule has 0 spiro atoms. The summed E-state index contributed by atoms with van der Waals surface area (Å²) < 4.78 is 0. The average molecular weight is 434 g/mol. The van der Waals surface area contributed by atoms with Gasteiger partial charge in [0.2, 0.25) is 0 Å². The van der Waals surface area contributed by atoms with Crippen LogP contribution >= 0.6 is 0 Å². The molecule has 182 valence electrons. The minimum Gasteiger partial charge on any atom is -0.390 e. The number of hydrogen-bond donors (Lipinski definition) is 2. The molecule has 2 fully saturated rings. The smallest absolute Gasteiger partial charge is 0.0591 e. The maximum atomic E-state index is 9.97. The molecular weight excluding hydrogens is 378 g/mol. The van der Waals surface area contributed by atoms with E-state index in [1.165, 1.54) is 109 Å². The molecule has 0 amide bonds. The molecule has 0 bridgehead atoms. The Hall–Kier alpha value is -0.340. The fourth-order valence-corrected chi connectivity index (χ4v) is 6.50. The summed E-state index contributed by atoms with van der Waals surface area (Å²) in [5.74, 6) is 1.73. The van der Waals surface area contributed by atoms with Gasteiger partial charge in [0, 0.05) is 6.54 Å². The Balaban J connectivity index is 1.64. The van der Waals surface area contributed by atoms with E-state index in [1.54, 1.807) is 5.57 Å². The highest BCUT2D eigenvalue weighted by molar-refractivity contribution is 5.18. The van der Waals surface area contributed by atoms with Crippen LogP contribution in [0.25, 0.3) is 0 Å². The summed E-state index contributed by atoms with van der Waals surface area (Å²) in [6.07, 6.45) is 25.6. The quantitative estimate of drug-likeness (QED) is 0.190. The maximum absolute atomic E-state index is 9.97. The Morgan fingerprint density at radius 1 is 1.00 bits per heavy atom. The molecule has 2 saturated carbocycles. The molecule has 0 aliphatic heterocycles. The minimum absolute atomic E-state index is 0.496. The molecule has 2 heteroatoms. The largest absolute Gasteiger partial charge is 0.390 e. The predicted octanol–water partition coefficient (Wildman–Crippen LogP) is 8.19. The van der Waals surface area contributed by atoms with Crippen molar-refractivity contribution in [3.8, 4) is 0 Å². The van der Waals surface area contributed by atoms with E-state index < -0.39 is 5.60 Å². The summed E-state index contributed by atoms with van der Waals surface area (Å²) in [5, 5.41) is 13.7. The number of unbranched alkanes of at least 4 members (excludes halogenated alkanes) is 8. The fourth-order valence-electron chi connectivity index (χ4n) is 6.50. The zero-order chi connectivity index (χ0) is 22.6. The fraction of sp³-hybridized carbons (Fsp3) is 0.931. The molecule has 2 rings (SSSR count). The topological polar surface area (TPSA) is 32.3 Å². The molecule has 0 heterocycles. The van der Waals surface area contributed by atoms with Crippen molar-refractivity contribution in [3.05, 3.63) is 11.6 Å². The highest BCUT2D eigenvalue weighted by atomic mass is 16.3. The average Bonchev–Trinajstić information content (AvgIpc) is 3.05. The molecule has 2 aliphatic rings. The van der Waals surface area contributed by atoms with Gasteiger partial charge in [-0.1, -0.05) is 83.3 Å². The first-order valence-electron chi connectivity index (χ1n) is 14.0. The molecule has 0 radical (unpaired) electrons. The van der Waals surface area contributed by atoms with Crippen LogP contribution in [0.15, 0.2) is 11.6 Å². The van der Waals surface area contributed by atoms with Crippen LogP contribution in [0.1, 0.15) is 137 Å². The first kappa shape index (κ1) is 26.9. The van der Waals surface area contributed by atoms with Crippen LogP contribution < -0.4 is 5.32 Å². The van der Waals surface area contributed by atoms with Gasteiger partial charge in [-0.3, -0.25) is 0 Å². The molecule has 3 unspecified atom stereocenters. The molecule has 0 aromatic carbocycles. The number of nitrogens with one attached hydrogen (secondary N) is 1. The van der Waals surface area contributed by atoms with Crippen molar-refractivity contribution in [3.63, 3.8) is 0 Å². The minimum atomic E-state index is -0.496. The number of fused-ring (bicyclic) bond motifs is 1. The van der Waals surface area contributed by atoms with Crippen molar-refractivity contribution in [1.82, 2.24) is 5.32 Å². The van der Waals surface area contributed by atoms with Gasteiger partial charge in [0.05, 0.1) is 5.60 Å². The summed E-state index contributed by atoms with van der Waals surface area (Å²) in [6.45, 7) is 11.0. The lowest BCUT2D eigenvalue weighted by Crippen LogP contribution is -2.33. The molecule has 0 aromatic heterocycles. The van der Waals surface area contributed by atoms with Crippen LogP contribution in [0.5, 0.6) is 0 Å². The summed E-state index contributed by atoms with van der Waals surface area (Å²) in [6, 6.07) is 0. The van der Waals surface area contributed by atoms with E-state index in [0.29, 0.717) is 5.41 Å². The summed E-state index contributed by atoms with van der Waals surface area (Å²) in [7, 11) is 0. The zero-order valence-electron chi connectivity index (χ0n) is 21.6. The van der Waals surface area contributed by atoms with E-state index in [0.717, 1.165) is 24.8 Å². The lowest BCUT2D eigenvalue weighted by molar-refractivity contribution is 0.0659. The van der Waals surface area contributed by atoms with E-state index in [4.69, 9.17) is 0 Å². The van der Waals surface area contributed by atoms with Crippen LogP contribution in [0, 0.1) is 17.3 Å². The van der Waals surface area contributed by atoms with Crippen LogP contribution in [0.2, 0.25) is 0 Å². The molecular formula is C29H55NO. The summed E-state index contributed by atoms with van der Waals surface area (Å²) in [5.41, 5.74) is 1.82. The van der Waals surface area contributed by atoms with E-state index in [1.807, 2.05) is 13.8 Å². The van der Waals surface area contributed by atoms with Gasteiger partial charge in [0.25, 0.3) is 0 Å². The van der Waals surface area contributed by atoms with Gasteiger partial charge in [-0.2, -0.15) is 0 Å². The number of hydrogen-bond acceptors (Lipinski definition) is 2. The highest BCUT2D eigenvalue weighted by Crippen LogP contribution is 2.58. The normalized spacial score (nSPS) is 27.7. The summed E-state index contributed by atoms with van der Waals surface area (Å²) >= 11 is 0. The van der Waals surface area contributed by atoms with Crippen LogP contribution in [-0.2, 0) is 0 Å². The molecule has 2 nitrogen and oxygen atoms in total. The predicted molar refractivity (Wildman–Crippen MR) is 137 cm³/mol. The van der Waals surface area contributed by atoms with Gasteiger partial charge in [-0.05, 0) is 89.0 Å². The van der Waals surface area contributed by atoms with Crippen LogP contribution in [0.4, 0.5) is 0 Å². The molecule has 2 N–H and O–H groups in total. The lowest BCUT2D eigenvalue weighted by Gasteiger charge is -2.42. The Bertz CT molecular complexity index is 505. The second-order valence-electron chi connectivity index (χ2n) is 11.7. The molecule has 0 aromatic rings. The van der Waals surface area contributed by atoms with Gasteiger partial charge in [0.1, 0.15) is 0 Å². The van der Waals surface area contributed by atoms with Gasteiger partial charge in [-0.25, -0.2) is 0 Å². The monoisotopic (exact) mass is 433 g/mol. The van der Waals surface area contributed by atoms with Gasteiger partial charge >= 0.3 is 0 Å².